The van der Waals surface area contributed by atoms with E-state index in [1.165, 1.54) is 18.5 Å². The number of benzene rings is 1. The molecular weight excluding hydrogens is 276 g/mol. The van der Waals surface area contributed by atoms with Crippen molar-refractivity contribution in [1.29, 1.82) is 0 Å². The Morgan fingerprint density at radius 2 is 2.00 bits per heavy atom. The maximum atomic E-state index is 13.0. The average molecular weight is 284 g/mol. The highest BCUT2D eigenvalue weighted by atomic mass is 35.5. The zero-order chi connectivity index (χ0) is 13.8. The molecule has 0 aliphatic heterocycles. The Bertz CT molecular complexity index is 604. The van der Waals surface area contributed by atoms with Crippen LogP contribution in [-0.4, -0.2) is 15.9 Å². The number of amides is 1. The fraction of sp³-hybridized carbons (Fsp3) is 0.0833. The Morgan fingerprint density at radius 3 is 2.63 bits per heavy atom. The minimum Gasteiger partial charge on any atom is -0.309 e. The van der Waals surface area contributed by atoms with E-state index < -0.39 is 17.5 Å². The van der Waals surface area contributed by atoms with Crippen molar-refractivity contribution in [2.24, 2.45) is 0 Å². The van der Waals surface area contributed by atoms with Gasteiger partial charge in [0.15, 0.2) is 17.5 Å². The molecule has 1 aromatic carbocycles. The van der Waals surface area contributed by atoms with E-state index in [2.05, 4.69) is 15.3 Å². The largest absolute Gasteiger partial charge is 0.309 e. The normalized spacial score (nSPS) is 10.3. The molecule has 0 atom stereocenters. The molecular formula is C12H8ClF2N3O. The number of anilines is 1. The summed E-state index contributed by atoms with van der Waals surface area (Å²) in [6, 6.07) is 3.29. The molecule has 19 heavy (non-hydrogen) atoms. The van der Waals surface area contributed by atoms with Crippen LogP contribution in [0.4, 0.5) is 14.6 Å². The minimum atomic E-state index is -0.989. The van der Waals surface area contributed by atoms with Gasteiger partial charge in [0.25, 0.3) is 0 Å². The molecule has 0 saturated carbocycles. The van der Waals surface area contributed by atoms with E-state index in [0.717, 1.165) is 12.1 Å². The van der Waals surface area contributed by atoms with Crippen molar-refractivity contribution in [1.82, 2.24) is 9.97 Å². The third-order valence-electron chi connectivity index (χ3n) is 2.24. The first kappa shape index (κ1) is 13.4. The van der Waals surface area contributed by atoms with Crippen molar-refractivity contribution in [3.63, 3.8) is 0 Å². The standard InChI is InChI=1S/C12H8ClF2N3O/c13-10-5-17-11(6-16-10)18-12(19)4-7-1-2-8(14)9(15)3-7/h1-3,5-6H,4H2,(H,17,18,19). The summed E-state index contributed by atoms with van der Waals surface area (Å²) in [5.74, 6) is -2.12. The third kappa shape index (κ3) is 3.69. The zero-order valence-corrected chi connectivity index (χ0v) is 10.3. The fourth-order valence-corrected chi connectivity index (χ4v) is 1.50. The summed E-state index contributed by atoms with van der Waals surface area (Å²) in [6.45, 7) is 0. The summed E-state index contributed by atoms with van der Waals surface area (Å²) >= 11 is 5.55. The van der Waals surface area contributed by atoms with Crippen LogP contribution in [-0.2, 0) is 11.2 Å². The van der Waals surface area contributed by atoms with Gasteiger partial charge in [-0.2, -0.15) is 0 Å². The molecule has 0 unspecified atom stereocenters. The number of hydrogen-bond donors (Lipinski definition) is 1. The summed E-state index contributed by atoms with van der Waals surface area (Å²) in [7, 11) is 0. The monoisotopic (exact) mass is 283 g/mol. The van der Waals surface area contributed by atoms with Crippen LogP contribution in [0.2, 0.25) is 5.15 Å². The lowest BCUT2D eigenvalue weighted by Crippen LogP contribution is -2.15. The predicted octanol–water partition coefficient (Wildman–Crippen LogP) is 2.59. The van der Waals surface area contributed by atoms with Gasteiger partial charge in [-0.05, 0) is 17.7 Å². The average Bonchev–Trinajstić information content (AvgIpc) is 2.37. The van der Waals surface area contributed by atoms with Crippen molar-refractivity contribution in [2.75, 3.05) is 5.32 Å². The lowest BCUT2D eigenvalue weighted by molar-refractivity contribution is -0.115. The molecule has 0 saturated heterocycles. The molecule has 1 aromatic heterocycles. The van der Waals surface area contributed by atoms with E-state index >= 15 is 0 Å². The first-order valence-corrected chi connectivity index (χ1v) is 5.64. The number of nitrogens with one attached hydrogen (secondary N) is 1. The second-order valence-electron chi connectivity index (χ2n) is 3.70. The lowest BCUT2D eigenvalue weighted by atomic mass is 10.1. The van der Waals surface area contributed by atoms with E-state index in [0.29, 0.717) is 5.56 Å². The smallest absolute Gasteiger partial charge is 0.229 e. The highest BCUT2D eigenvalue weighted by Gasteiger charge is 2.08. The number of aromatic nitrogens is 2. The van der Waals surface area contributed by atoms with Crippen molar-refractivity contribution >= 4 is 23.3 Å². The van der Waals surface area contributed by atoms with Gasteiger partial charge >= 0.3 is 0 Å². The second kappa shape index (κ2) is 5.71. The van der Waals surface area contributed by atoms with Gasteiger partial charge in [-0.25, -0.2) is 18.7 Å². The van der Waals surface area contributed by atoms with Crippen molar-refractivity contribution in [2.45, 2.75) is 6.42 Å². The van der Waals surface area contributed by atoms with Crippen LogP contribution in [0.3, 0.4) is 0 Å². The van der Waals surface area contributed by atoms with Crippen molar-refractivity contribution in [3.05, 3.63) is 52.9 Å². The first-order valence-electron chi connectivity index (χ1n) is 5.26. The van der Waals surface area contributed by atoms with Crippen LogP contribution in [0.1, 0.15) is 5.56 Å². The van der Waals surface area contributed by atoms with Crippen molar-refractivity contribution < 1.29 is 13.6 Å². The molecule has 7 heteroatoms. The van der Waals surface area contributed by atoms with E-state index in [-0.39, 0.29) is 17.4 Å². The molecule has 1 N–H and O–H groups in total. The SMILES string of the molecule is O=C(Cc1ccc(F)c(F)c1)Nc1cnc(Cl)cn1. The van der Waals surface area contributed by atoms with E-state index in [9.17, 15) is 13.6 Å². The quantitative estimate of drug-likeness (QED) is 0.942. The maximum absolute atomic E-state index is 13.0. The number of hydrogen-bond acceptors (Lipinski definition) is 3. The minimum absolute atomic E-state index is 0.0957. The summed E-state index contributed by atoms with van der Waals surface area (Å²) < 4.78 is 25.7. The maximum Gasteiger partial charge on any atom is 0.229 e. The van der Waals surface area contributed by atoms with Crippen LogP contribution >= 0.6 is 11.6 Å². The Labute approximate surface area is 112 Å². The lowest BCUT2D eigenvalue weighted by Gasteiger charge is -2.04. The summed E-state index contributed by atoms with van der Waals surface area (Å²) in [5, 5.41) is 2.67. The van der Waals surface area contributed by atoms with Crippen LogP contribution in [0.25, 0.3) is 0 Å². The number of halogens is 3. The first-order chi connectivity index (χ1) is 9.04. The molecule has 0 radical (unpaired) electrons. The zero-order valence-electron chi connectivity index (χ0n) is 9.53. The molecule has 0 aliphatic rings. The van der Waals surface area contributed by atoms with Gasteiger partial charge in [0.1, 0.15) is 5.15 Å². The molecule has 1 heterocycles. The number of nitrogens with zero attached hydrogens (tertiary/aromatic N) is 2. The summed E-state index contributed by atoms with van der Waals surface area (Å²) in [4.78, 5) is 19.2. The number of carbonyl (C=O) groups is 1. The van der Waals surface area contributed by atoms with Gasteiger partial charge in [-0.3, -0.25) is 4.79 Å². The van der Waals surface area contributed by atoms with Crippen LogP contribution < -0.4 is 5.32 Å². The second-order valence-corrected chi connectivity index (χ2v) is 4.09. The van der Waals surface area contributed by atoms with Crippen molar-refractivity contribution in [3.8, 4) is 0 Å². The molecule has 1 amide bonds. The Balaban J connectivity index is 2.01. The van der Waals surface area contributed by atoms with E-state index in [1.54, 1.807) is 0 Å². The number of rotatable bonds is 3. The van der Waals surface area contributed by atoms with Crippen LogP contribution in [0, 0.1) is 11.6 Å². The molecule has 0 bridgehead atoms. The Morgan fingerprint density at radius 1 is 1.21 bits per heavy atom. The number of carbonyl (C=O) groups excluding carboxylic acids is 1. The van der Waals surface area contributed by atoms with Gasteiger partial charge in [-0.1, -0.05) is 17.7 Å². The topological polar surface area (TPSA) is 54.9 Å². The molecule has 0 spiro atoms. The Hall–Kier alpha value is -2.08. The Kier molecular flexibility index (Phi) is 4.01. The third-order valence-corrected chi connectivity index (χ3v) is 2.43. The van der Waals surface area contributed by atoms with Gasteiger partial charge in [-0.15, -0.1) is 0 Å². The predicted molar refractivity (Wildman–Crippen MR) is 65.7 cm³/mol. The summed E-state index contributed by atoms with van der Waals surface area (Å²) in [5.41, 5.74) is 0.360. The molecule has 0 aliphatic carbocycles. The van der Waals surface area contributed by atoms with E-state index in [1.807, 2.05) is 0 Å². The molecule has 4 nitrogen and oxygen atoms in total. The van der Waals surface area contributed by atoms with Gasteiger partial charge in [0.05, 0.1) is 18.8 Å². The summed E-state index contributed by atoms with van der Waals surface area (Å²) in [6.07, 6.45) is 2.49. The molecule has 2 aromatic rings. The van der Waals surface area contributed by atoms with Crippen LogP contribution in [0.5, 0.6) is 0 Å². The fourth-order valence-electron chi connectivity index (χ4n) is 1.40. The highest BCUT2D eigenvalue weighted by molar-refractivity contribution is 6.29. The molecule has 98 valence electrons. The molecule has 2 rings (SSSR count). The van der Waals surface area contributed by atoms with Gasteiger partial charge < -0.3 is 5.32 Å². The van der Waals surface area contributed by atoms with E-state index in [4.69, 9.17) is 11.6 Å². The van der Waals surface area contributed by atoms with Gasteiger partial charge in [0.2, 0.25) is 5.91 Å². The van der Waals surface area contributed by atoms with Gasteiger partial charge in [0, 0.05) is 0 Å². The van der Waals surface area contributed by atoms with Crippen LogP contribution in [0.15, 0.2) is 30.6 Å². The highest BCUT2D eigenvalue weighted by Crippen LogP contribution is 2.10. The molecule has 0 fully saturated rings.